The summed E-state index contributed by atoms with van der Waals surface area (Å²) in [6.07, 6.45) is -0.289. The van der Waals surface area contributed by atoms with Gasteiger partial charge in [0.05, 0.1) is 10.7 Å². The molecule has 20 heavy (non-hydrogen) atoms. The zero-order valence-electron chi connectivity index (χ0n) is 11.9. The first-order valence-corrected chi connectivity index (χ1v) is 7.22. The van der Waals surface area contributed by atoms with Crippen molar-refractivity contribution in [3.8, 4) is 11.3 Å². The highest BCUT2D eigenvalue weighted by Crippen LogP contribution is 2.26. The van der Waals surface area contributed by atoms with Crippen LogP contribution in [0, 0.1) is 0 Å². The van der Waals surface area contributed by atoms with Gasteiger partial charge >= 0.3 is 0 Å². The Morgan fingerprint density at radius 2 is 1.90 bits per heavy atom. The van der Waals surface area contributed by atoms with Gasteiger partial charge in [-0.15, -0.1) is 11.3 Å². The summed E-state index contributed by atoms with van der Waals surface area (Å²) in [6, 6.07) is 9.98. The molecule has 1 aromatic carbocycles. The fourth-order valence-corrected chi connectivity index (χ4v) is 3.09. The average Bonchev–Trinajstić information content (AvgIpc) is 2.88. The number of ether oxygens (including phenoxy) is 2. The number of aliphatic hydroxyl groups is 1. The van der Waals surface area contributed by atoms with E-state index in [1.54, 1.807) is 6.92 Å². The van der Waals surface area contributed by atoms with Gasteiger partial charge in [0.15, 0.2) is 6.29 Å². The first-order chi connectivity index (χ1) is 9.56. The summed E-state index contributed by atoms with van der Waals surface area (Å²) < 4.78 is 10.3. The lowest BCUT2D eigenvalue weighted by molar-refractivity contribution is -0.207. The van der Waals surface area contributed by atoms with E-state index in [0.717, 1.165) is 16.3 Å². The maximum Gasteiger partial charge on any atom is 0.185 e. The van der Waals surface area contributed by atoms with Crippen molar-refractivity contribution in [3.05, 3.63) is 40.7 Å². The lowest BCUT2D eigenvalue weighted by Crippen LogP contribution is -2.43. The molecule has 0 saturated carbocycles. The number of rotatable bonds is 6. The summed E-state index contributed by atoms with van der Waals surface area (Å²) in [4.78, 5) is 4.56. The molecule has 0 radical (unpaired) electrons. The first-order valence-electron chi connectivity index (χ1n) is 6.34. The molecular formula is C15H19NO3S. The van der Waals surface area contributed by atoms with E-state index in [9.17, 15) is 5.11 Å². The van der Waals surface area contributed by atoms with Gasteiger partial charge in [0.25, 0.3) is 0 Å². The predicted octanol–water partition coefficient (Wildman–Crippen LogP) is 2.72. The minimum Gasteiger partial charge on any atom is -0.384 e. The number of methoxy groups -OCH3 is 2. The molecule has 108 valence electrons. The Balaban J connectivity index is 2.14. The van der Waals surface area contributed by atoms with Gasteiger partial charge in [0, 0.05) is 31.6 Å². The van der Waals surface area contributed by atoms with Crippen LogP contribution in [0.25, 0.3) is 11.3 Å². The Labute approximate surface area is 123 Å². The molecule has 1 atom stereocenters. The molecule has 1 unspecified atom stereocenters. The predicted molar refractivity (Wildman–Crippen MR) is 79.7 cm³/mol. The number of hydrogen-bond donors (Lipinski definition) is 1. The summed E-state index contributed by atoms with van der Waals surface area (Å²) in [5.74, 6) is 0. The molecule has 1 N–H and O–H groups in total. The monoisotopic (exact) mass is 293 g/mol. The highest BCUT2D eigenvalue weighted by atomic mass is 32.1. The topological polar surface area (TPSA) is 51.6 Å². The molecule has 0 spiro atoms. The summed E-state index contributed by atoms with van der Waals surface area (Å²) in [5, 5.41) is 13.3. The first kappa shape index (κ1) is 15.1. The van der Waals surface area contributed by atoms with Crippen LogP contribution < -0.4 is 0 Å². The van der Waals surface area contributed by atoms with Crippen LogP contribution in [0.3, 0.4) is 0 Å². The van der Waals surface area contributed by atoms with E-state index >= 15 is 0 Å². The van der Waals surface area contributed by atoms with Crippen LogP contribution in [0.4, 0.5) is 0 Å². The maximum atomic E-state index is 10.4. The lowest BCUT2D eigenvalue weighted by atomic mass is 10.0. The third kappa shape index (κ3) is 3.43. The Morgan fingerprint density at radius 1 is 1.25 bits per heavy atom. The molecule has 0 aliphatic rings. The molecule has 0 bridgehead atoms. The number of aromatic nitrogens is 1. The zero-order chi connectivity index (χ0) is 14.6. The van der Waals surface area contributed by atoms with Crippen molar-refractivity contribution < 1.29 is 14.6 Å². The summed E-state index contributed by atoms with van der Waals surface area (Å²) >= 11 is 1.53. The van der Waals surface area contributed by atoms with E-state index in [0.29, 0.717) is 6.42 Å². The molecule has 4 nitrogen and oxygen atoms in total. The third-order valence-electron chi connectivity index (χ3n) is 3.07. The van der Waals surface area contributed by atoms with Crippen LogP contribution in [-0.4, -0.2) is 36.2 Å². The number of thiazole rings is 1. The second-order valence-electron chi connectivity index (χ2n) is 4.83. The fourth-order valence-electron chi connectivity index (χ4n) is 2.13. The molecular weight excluding hydrogens is 274 g/mol. The Bertz CT molecular complexity index is 535. The largest absolute Gasteiger partial charge is 0.384 e. The van der Waals surface area contributed by atoms with Crippen LogP contribution in [0.5, 0.6) is 0 Å². The van der Waals surface area contributed by atoms with Crippen molar-refractivity contribution >= 4 is 11.3 Å². The van der Waals surface area contributed by atoms with E-state index in [1.165, 1.54) is 25.6 Å². The van der Waals surface area contributed by atoms with Crippen LogP contribution in [0.1, 0.15) is 11.9 Å². The van der Waals surface area contributed by atoms with Crippen LogP contribution in [0.15, 0.2) is 35.7 Å². The zero-order valence-corrected chi connectivity index (χ0v) is 12.7. The van der Waals surface area contributed by atoms with Gasteiger partial charge in [-0.05, 0) is 6.92 Å². The minimum absolute atomic E-state index is 0.386. The van der Waals surface area contributed by atoms with Gasteiger partial charge in [0.1, 0.15) is 5.60 Å². The molecule has 1 heterocycles. The average molecular weight is 293 g/mol. The van der Waals surface area contributed by atoms with Crippen molar-refractivity contribution in [3.63, 3.8) is 0 Å². The van der Waals surface area contributed by atoms with Gasteiger partial charge in [-0.3, -0.25) is 0 Å². The van der Waals surface area contributed by atoms with Crippen molar-refractivity contribution in [1.29, 1.82) is 0 Å². The van der Waals surface area contributed by atoms with E-state index in [1.807, 2.05) is 35.7 Å². The quantitative estimate of drug-likeness (QED) is 0.832. The smallest absolute Gasteiger partial charge is 0.185 e. The standard InChI is InChI=1S/C15H19NO3S/c1-15(17,14(18-2)19-3)9-13-16-12(10-20-13)11-7-5-4-6-8-11/h4-8,10,14,17H,9H2,1-3H3. The van der Waals surface area contributed by atoms with Crippen molar-refractivity contribution in [2.24, 2.45) is 0 Å². The molecule has 0 fully saturated rings. The normalized spacial score (nSPS) is 14.4. The number of benzene rings is 1. The molecule has 0 amide bonds. The fraction of sp³-hybridized carbons (Fsp3) is 0.400. The Kier molecular flexibility index (Phi) is 4.88. The van der Waals surface area contributed by atoms with E-state index < -0.39 is 11.9 Å². The van der Waals surface area contributed by atoms with Crippen molar-refractivity contribution in [2.45, 2.75) is 25.2 Å². The SMILES string of the molecule is COC(OC)C(C)(O)Cc1nc(-c2ccccc2)cs1. The number of nitrogens with zero attached hydrogens (tertiary/aromatic N) is 1. The molecule has 5 heteroatoms. The Morgan fingerprint density at radius 3 is 2.50 bits per heavy atom. The van der Waals surface area contributed by atoms with Gasteiger partial charge < -0.3 is 14.6 Å². The third-order valence-corrected chi connectivity index (χ3v) is 3.92. The van der Waals surface area contributed by atoms with Crippen LogP contribution in [-0.2, 0) is 15.9 Å². The summed E-state index contributed by atoms with van der Waals surface area (Å²) in [7, 11) is 3.03. The Hall–Kier alpha value is -1.27. The van der Waals surface area contributed by atoms with Crippen molar-refractivity contribution in [1.82, 2.24) is 4.98 Å². The summed E-state index contributed by atoms with van der Waals surface area (Å²) in [6.45, 7) is 1.69. The van der Waals surface area contributed by atoms with E-state index in [4.69, 9.17) is 9.47 Å². The second-order valence-corrected chi connectivity index (χ2v) is 5.77. The minimum atomic E-state index is -1.12. The second kappa shape index (κ2) is 6.45. The van der Waals surface area contributed by atoms with Gasteiger partial charge in [0.2, 0.25) is 0 Å². The van der Waals surface area contributed by atoms with Gasteiger partial charge in [-0.25, -0.2) is 4.98 Å². The lowest BCUT2D eigenvalue weighted by Gasteiger charge is -2.29. The van der Waals surface area contributed by atoms with Gasteiger partial charge in [-0.1, -0.05) is 30.3 Å². The van der Waals surface area contributed by atoms with Gasteiger partial charge in [-0.2, -0.15) is 0 Å². The maximum absolute atomic E-state index is 10.4. The van der Waals surface area contributed by atoms with Crippen LogP contribution >= 0.6 is 11.3 Å². The molecule has 2 rings (SSSR count). The molecule has 2 aromatic rings. The number of hydrogen-bond acceptors (Lipinski definition) is 5. The summed E-state index contributed by atoms with van der Waals surface area (Å²) in [5.41, 5.74) is 0.882. The van der Waals surface area contributed by atoms with E-state index in [2.05, 4.69) is 4.98 Å². The molecule has 0 saturated heterocycles. The van der Waals surface area contributed by atoms with Crippen molar-refractivity contribution in [2.75, 3.05) is 14.2 Å². The highest BCUT2D eigenvalue weighted by molar-refractivity contribution is 7.09. The van der Waals surface area contributed by atoms with E-state index in [-0.39, 0.29) is 0 Å². The highest BCUT2D eigenvalue weighted by Gasteiger charge is 2.33. The molecule has 1 aromatic heterocycles. The molecule has 0 aliphatic heterocycles. The molecule has 0 aliphatic carbocycles. The van der Waals surface area contributed by atoms with Crippen LogP contribution in [0.2, 0.25) is 0 Å².